The van der Waals surface area contributed by atoms with Crippen molar-refractivity contribution in [2.75, 3.05) is 31.2 Å². The lowest BCUT2D eigenvalue weighted by Crippen LogP contribution is -2.37. The lowest BCUT2D eigenvalue weighted by molar-refractivity contribution is -0.146. The highest BCUT2D eigenvalue weighted by molar-refractivity contribution is 5.97. The summed E-state index contributed by atoms with van der Waals surface area (Å²) in [6.07, 6.45) is 3.52. The normalized spacial score (nSPS) is 18.6. The second kappa shape index (κ2) is 8.90. The van der Waals surface area contributed by atoms with Crippen LogP contribution in [0.25, 0.3) is 10.9 Å². The molecule has 1 atom stereocenters. The van der Waals surface area contributed by atoms with Gasteiger partial charge < -0.3 is 24.0 Å². The molecule has 0 spiro atoms. The smallest absolute Gasteiger partial charge is 0.344 e. The van der Waals surface area contributed by atoms with E-state index in [9.17, 15) is 19.5 Å². The molecule has 1 unspecified atom stereocenters. The van der Waals surface area contributed by atoms with Crippen LogP contribution in [0.4, 0.5) is 10.1 Å². The lowest BCUT2D eigenvalue weighted by atomic mass is 9.93. The van der Waals surface area contributed by atoms with Crippen LogP contribution < -0.4 is 10.3 Å². The molecule has 1 aromatic heterocycles. The Morgan fingerprint density at radius 2 is 1.94 bits per heavy atom. The van der Waals surface area contributed by atoms with Crippen molar-refractivity contribution >= 4 is 28.5 Å². The molecule has 32 heavy (non-hydrogen) atoms. The number of ether oxygens (including phenoxy) is 2. The molecule has 2 aliphatic rings. The standard InChI is InChI=1S/C23H27FN2O6/c1-3-31-19(28)12-32-23(30)17-11-26-13(2)4-5-15-20(26)16(22(17)29)10-18(24)21(15)25-8-6-14(27)7-9-25/h10-11,13-14,27H,3-9,12H2,1-2H3. The van der Waals surface area contributed by atoms with Gasteiger partial charge in [0.15, 0.2) is 6.61 Å². The van der Waals surface area contributed by atoms with Crippen LogP contribution >= 0.6 is 0 Å². The number of esters is 2. The zero-order valence-corrected chi connectivity index (χ0v) is 18.2. The van der Waals surface area contributed by atoms with Crippen molar-refractivity contribution in [2.45, 2.75) is 51.7 Å². The zero-order chi connectivity index (χ0) is 23.0. The summed E-state index contributed by atoms with van der Waals surface area (Å²) in [5.74, 6) is -2.16. The van der Waals surface area contributed by atoms with E-state index in [0.717, 1.165) is 12.0 Å². The predicted molar refractivity (Wildman–Crippen MR) is 116 cm³/mol. The molecule has 8 nitrogen and oxygen atoms in total. The lowest BCUT2D eigenvalue weighted by Gasteiger charge is -2.36. The Bertz CT molecular complexity index is 1120. The third-order valence-corrected chi connectivity index (χ3v) is 6.25. The summed E-state index contributed by atoms with van der Waals surface area (Å²) in [5.41, 5.74) is 0.980. The van der Waals surface area contributed by atoms with Gasteiger partial charge in [0.2, 0.25) is 5.43 Å². The fourth-order valence-corrected chi connectivity index (χ4v) is 4.62. The molecule has 0 amide bonds. The van der Waals surface area contributed by atoms with Gasteiger partial charge >= 0.3 is 11.9 Å². The van der Waals surface area contributed by atoms with Crippen LogP contribution in [0, 0.1) is 5.82 Å². The van der Waals surface area contributed by atoms with Crippen LogP contribution in [0.15, 0.2) is 17.1 Å². The third kappa shape index (κ3) is 3.97. The third-order valence-electron chi connectivity index (χ3n) is 6.25. The van der Waals surface area contributed by atoms with Gasteiger partial charge in [-0.25, -0.2) is 14.0 Å². The first kappa shape index (κ1) is 22.3. The molecule has 9 heteroatoms. The molecule has 4 rings (SSSR count). The Hall–Kier alpha value is -2.94. The number of hydrogen-bond donors (Lipinski definition) is 1. The van der Waals surface area contributed by atoms with E-state index >= 15 is 4.39 Å². The van der Waals surface area contributed by atoms with Crippen LogP contribution in [0.5, 0.6) is 0 Å². The van der Waals surface area contributed by atoms with E-state index in [1.165, 1.54) is 12.3 Å². The number of aliphatic hydroxyl groups excluding tert-OH is 1. The van der Waals surface area contributed by atoms with E-state index in [1.54, 1.807) is 6.92 Å². The number of piperidine rings is 1. The van der Waals surface area contributed by atoms with Gasteiger partial charge in [-0.15, -0.1) is 0 Å². The quantitative estimate of drug-likeness (QED) is 0.704. The van der Waals surface area contributed by atoms with E-state index in [1.807, 2.05) is 16.4 Å². The molecule has 2 aromatic rings. The van der Waals surface area contributed by atoms with E-state index in [2.05, 4.69) is 0 Å². The van der Waals surface area contributed by atoms with Crippen LogP contribution in [0.3, 0.4) is 0 Å². The maximum Gasteiger partial charge on any atom is 0.344 e. The highest BCUT2D eigenvalue weighted by atomic mass is 19.1. The van der Waals surface area contributed by atoms with Crippen molar-refractivity contribution in [1.29, 1.82) is 0 Å². The monoisotopic (exact) mass is 446 g/mol. The van der Waals surface area contributed by atoms with Crippen LogP contribution in [-0.4, -0.2) is 54.0 Å². The SMILES string of the molecule is CCOC(=O)COC(=O)c1cn2c3c(c(N4CCC(O)CC4)c(F)cc3c1=O)CCC2C. The molecule has 1 saturated heterocycles. The number of pyridine rings is 1. The summed E-state index contributed by atoms with van der Waals surface area (Å²) in [4.78, 5) is 39.1. The zero-order valence-electron chi connectivity index (χ0n) is 18.2. The molecule has 0 aliphatic carbocycles. The molecule has 0 radical (unpaired) electrons. The Morgan fingerprint density at radius 3 is 2.62 bits per heavy atom. The van der Waals surface area contributed by atoms with Gasteiger partial charge in [-0.05, 0) is 45.6 Å². The molecule has 1 fully saturated rings. The van der Waals surface area contributed by atoms with Crippen molar-refractivity contribution < 1.29 is 28.6 Å². The van der Waals surface area contributed by atoms with Gasteiger partial charge in [-0.3, -0.25) is 4.79 Å². The first-order valence-electron chi connectivity index (χ1n) is 11.0. The molecular formula is C23H27FN2O6. The molecule has 2 aliphatic heterocycles. The van der Waals surface area contributed by atoms with Crippen molar-refractivity contribution in [1.82, 2.24) is 4.57 Å². The fourth-order valence-electron chi connectivity index (χ4n) is 4.62. The van der Waals surface area contributed by atoms with Crippen LogP contribution in [-0.2, 0) is 20.7 Å². The summed E-state index contributed by atoms with van der Waals surface area (Å²) < 4.78 is 26.9. The predicted octanol–water partition coefficient (Wildman–Crippen LogP) is 2.33. The van der Waals surface area contributed by atoms with Crippen LogP contribution in [0.1, 0.15) is 55.1 Å². The molecular weight excluding hydrogens is 419 g/mol. The minimum atomic E-state index is -0.942. The maximum atomic E-state index is 15.3. The van der Waals surface area contributed by atoms with Crippen molar-refractivity contribution in [3.8, 4) is 0 Å². The average Bonchev–Trinajstić information content (AvgIpc) is 2.77. The minimum absolute atomic E-state index is 0.0105. The molecule has 3 heterocycles. The Morgan fingerprint density at radius 1 is 1.22 bits per heavy atom. The number of aliphatic hydroxyl groups is 1. The summed E-state index contributed by atoms with van der Waals surface area (Å²) >= 11 is 0. The van der Waals surface area contributed by atoms with E-state index in [-0.39, 0.29) is 29.7 Å². The largest absolute Gasteiger partial charge is 0.463 e. The maximum absolute atomic E-state index is 15.3. The molecule has 1 aromatic carbocycles. The summed E-state index contributed by atoms with van der Waals surface area (Å²) in [6, 6.07) is 1.18. The molecule has 1 N–H and O–H groups in total. The number of carbonyl (C=O) groups excluding carboxylic acids is 2. The number of benzene rings is 1. The van der Waals surface area contributed by atoms with Gasteiger partial charge in [0.05, 0.1) is 23.9 Å². The summed E-state index contributed by atoms with van der Waals surface area (Å²) in [7, 11) is 0. The number of nitrogens with zero attached hydrogens (tertiary/aromatic N) is 2. The minimum Gasteiger partial charge on any atom is -0.463 e. The van der Waals surface area contributed by atoms with E-state index in [0.29, 0.717) is 43.6 Å². The number of rotatable bonds is 5. The molecule has 0 bridgehead atoms. The highest BCUT2D eigenvalue weighted by Gasteiger charge is 2.30. The van der Waals surface area contributed by atoms with Gasteiger partial charge in [0.25, 0.3) is 0 Å². The number of aryl methyl sites for hydroxylation is 1. The van der Waals surface area contributed by atoms with Gasteiger partial charge in [-0.2, -0.15) is 0 Å². The Kier molecular flexibility index (Phi) is 6.19. The number of anilines is 1. The Labute approximate surface area is 184 Å². The number of halogens is 1. The second-order valence-corrected chi connectivity index (χ2v) is 8.35. The number of hydrogen-bond acceptors (Lipinski definition) is 7. The van der Waals surface area contributed by atoms with Gasteiger partial charge in [0.1, 0.15) is 11.4 Å². The summed E-state index contributed by atoms with van der Waals surface area (Å²) in [5, 5.41) is 9.94. The van der Waals surface area contributed by atoms with Crippen LogP contribution in [0.2, 0.25) is 0 Å². The topological polar surface area (TPSA) is 98.1 Å². The van der Waals surface area contributed by atoms with Gasteiger partial charge in [0, 0.05) is 36.3 Å². The van der Waals surface area contributed by atoms with Crippen molar-refractivity contribution in [3.63, 3.8) is 0 Å². The highest BCUT2D eigenvalue weighted by Crippen LogP contribution is 2.38. The Balaban J connectivity index is 1.79. The second-order valence-electron chi connectivity index (χ2n) is 8.35. The van der Waals surface area contributed by atoms with E-state index in [4.69, 9.17) is 9.47 Å². The van der Waals surface area contributed by atoms with Crippen molar-refractivity contribution in [3.05, 3.63) is 39.4 Å². The van der Waals surface area contributed by atoms with Gasteiger partial charge in [-0.1, -0.05) is 0 Å². The van der Waals surface area contributed by atoms with Crippen molar-refractivity contribution in [2.24, 2.45) is 0 Å². The number of aromatic nitrogens is 1. The first-order chi connectivity index (χ1) is 15.3. The fraction of sp³-hybridized carbons (Fsp3) is 0.522. The molecule has 0 saturated carbocycles. The molecule has 172 valence electrons. The summed E-state index contributed by atoms with van der Waals surface area (Å²) in [6.45, 7) is 4.23. The first-order valence-corrected chi connectivity index (χ1v) is 11.0. The number of carbonyl (C=O) groups is 2. The van der Waals surface area contributed by atoms with E-state index < -0.39 is 29.8 Å². The average molecular weight is 446 g/mol.